The molecule has 0 radical (unpaired) electrons. The molecule has 13 nitrogen and oxygen atoms in total. The largest absolute Gasteiger partial charge is 0.508 e. The van der Waals surface area contributed by atoms with Crippen LogP contribution in [0.4, 0.5) is 0 Å². The van der Waals surface area contributed by atoms with Gasteiger partial charge >= 0.3 is 11.9 Å². The highest BCUT2D eigenvalue weighted by molar-refractivity contribution is 5.95. The van der Waals surface area contributed by atoms with Gasteiger partial charge in [-0.3, -0.25) is 24.0 Å². The molecule has 0 aromatic heterocycles. The van der Waals surface area contributed by atoms with E-state index in [1.54, 1.807) is 0 Å². The number of carbonyl (C=O) groups is 5. The first-order chi connectivity index (χ1) is 15.3. The molecule has 0 bridgehead atoms. The number of nitrogens with two attached hydrogens (primary N) is 1. The molecule has 33 heavy (non-hydrogen) atoms. The second-order valence-electron chi connectivity index (χ2n) is 7.43. The number of carbonyl (C=O) groups excluding carboxylic acids is 3. The summed E-state index contributed by atoms with van der Waals surface area (Å²) in [5.41, 5.74) is 6.09. The van der Waals surface area contributed by atoms with Crippen molar-refractivity contribution >= 4 is 29.7 Å². The van der Waals surface area contributed by atoms with Crippen LogP contribution < -0.4 is 21.7 Å². The van der Waals surface area contributed by atoms with Crippen molar-refractivity contribution in [3.05, 3.63) is 29.8 Å². The number of nitrogens with one attached hydrogen (secondary N) is 3. The SMILES string of the molecule is CC(NC(=O)C(CC(=O)O)NC(=O)C(Cc1ccc(O)cc1)NC(=O)C(N)C(C)O)C(=O)O. The van der Waals surface area contributed by atoms with Gasteiger partial charge in [-0.15, -0.1) is 0 Å². The molecule has 182 valence electrons. The fourth-order valence-corrected chi connectivity index (χ4v) is 2.60. The smallest absolute Gasteiger partial charge is 0.325 e. The molecule has 0 saturated carbocycles. The Labute approximate surface area is 189 Å². The fourth-order valence-electron chi connectivity index (χ4n) is 2.60. The van der Waals surface area contributed by atoms with E-state index < -0.39 is 66.4 Å². The summed E-state index contributed by atoms with van der Waals surface area (Å²) in [7, 11) is 0. The van der Waals surface area contributed by atoms with Crippen LogP contribution in [0.2, 0.25) is 0 Å². The van der Waals surface area contributed by atoms with E-state index >= 15 is 0 Å². The van der Waals surface area contributed by atoms with E-state index in [4.69, 9.17) is 15.9 Å². The van der Waals surface area contributed by atoms with Crippen molar-refractivity contribution in [3.8, 4) is 5.75 Å². The highest BCUT2D eigenvalue weighted by Gasteiger charge is 2.31. The summed E-state index contributed by atoms with van der Waals surface area (Å²) in [6.45, 7) is 2.43. The van der Waals surface area contributed by atoms with Gasteiger partial charge < -0.3 is 42.1 Å². The minimum atomic E-state index is -1.64. The molecule has 0 fully saturated rings. The molecule has 3 amide bonds. The monoisotopic (exact) mass is 468 g/mol. The van der Waals surface area contributed by atoms with Crippen LogP contribution in [0.15, 0.2) is 24.3 Å². The topological polar surface area (TPSA) is 228 Å². The summed E-state index contributed by atoms with van der Waals surface area (Å²) in [6.07, 6.45) is -2.21. The standard InChI is InChI=1S/C20H28N4O9/c1-9(20(32)33)22-17(29)14(8-15(27)28)23-18(30)13(24-19(31)16(21)10(2)25)7-11-3-5-12(26)6-4-11/h3-6,9-10,13-14,16,25-26H,7-8,21H2,1-2H3,(H,22,29)(H,23,30)(H,24,31)(H,27,28)(H,32,33). The van der Waals surface area contributed by atoms with E-state index in [1.807, 2.05) is 0 Å². The van der Waals surface area contributed by atoms with Gasteiger partial charge in [0.25, 0.3) is 0 Å². The van der Waals surface area contributed by atoms with Crippen molar-refractivity contribution < 1.29 is 44.4 Å². The third-order valence-electron chi connectivity index (χ3n) is 4.57. The highest BCUT2D eigenvalue weighted by Crippen LogP contribution is 2.12. The van der Waals surface area contributed by atoms with E-state index in [-0.39, 0.29) is 12.2 Å². The quantitative estimate of drug-likeness (QED) is 0.163. The molecule has 0 aliphatic carbocycles. The minimum Gasteiger partial charge on any atom is -0.508 e. The van der Waals surface area contributed by atoms with Gasteiger partial charge in [-0.1, -0.05) is 12.1 Å². The van der Waals surface area contributed by atoms with Crippen LogP contribution in [0.5, 0.6) is 5.75 Å². The summed E-state index contributed by atoms with van der Waals surface area (Å²) < 4.78 is 0. The van der Waals surface area contributed by atoms with E-state index in [9.17, 15) is 34.2 Å². The Hall–Kier alpha value is -3.71. The Kier molecular flexibility index (Phi) is 10.2. The van der Waals surface area contributed by atoms with Crippen LogP contribution in [0.1, 0.15) is 25.8 Å². The zero-order valence-electron chi connectivity index (χ0n) is 18.0. The number of hydrogen-bond acceptors (Lipinski definition) is 8. The third kappa shape index (κ3) is 9.13. The molecule has 0 aliphatic heterocycles. The van der Waals surface area contributed by atoms with Gasteiger partial charge in [0.15, 0.2) is 0 Å². The van der Waals surface area contributed by atoms with Crippen molar-refractivity contribution in [2.45, 2.75) is 57.0 Å². The second-order valence-corrected chi connectivity index (χ2v) is 7.43. The average Bonchev–Trinajstić information content (AvgIpc) is 2.72. The number of phenols is 1. The molecular weight excluding hydrogens is 440 g/mol. The van der Waals surface area contributed by atoms with Gasteiger partial charge in [0.2, 0.25) is 17.7 Å². The molecule has 5 atom stereocenters. The van der Waals surface area contributed by atoms with Crippen molar-refractivity contribution in [3.63, 3.8) is 0 Å². The first-order valence-corrected chi connectivity index (χ1v) is 9.89. The van der Waals surface area contributed by atoms with Gasteiger partial charge in [0.1, 0.15) is 29.9 Å². The molecule has 9 N–H and O–H groups in total. The zero-order chi connectivity index (χ0) is 25.3. The maximum Gasteiger partial charge on any atom is 0.325 e. The zero-order valence-corrected chi connectivity index (χ0v) is 18.0. The first-order valence-electron chi connectivity index (χ1n) is 9.89. The predicted molar refractivity (Wildman–Crippen MR) is 113 cm³/mol. The molecule has 1 aromatic rings. The van der Waals surface area contributed by atoms with Crippen LogP contribution in [0, 0.1) is 0 Å². The van der Waals surface area contributed by atoms with Gasteiger partial charge in [-0.05, 0) is 31.5 Å². The molecule has 0 heterocycles. The lowest BCUT2D eigenvalue weighted by Gasteiger charge is -2.24. The number of amides is 3. The summed E-state index contributed by atoms with van der Waals surface area (Å²) in [4.78, 5) is 59.7. The van der Waals surface area contributed by atoms with Crippen LogP contribution in [0.3, 0.4) is 0 Å². The number of hydrogen-bond donors (Lipinski definition) is 8. The number of rotatable bonds is 12. The van der Waals surface area contributed by atoms with Crippen molar-refractivity contribution in [2.75, 3.05) is 0 Å². The lowest BCUT2D eigenvalue weighted by molar-refractivity contribution is -0.143. The van der Waals surface area contributed by atoms with Crippen molar-refractivity contribution in [2.24, 2.45) is 5.73 Å². The number of carboxylic acid groups (broad SMARTS) is 2. The number of aromatic hydroxyl groups is 1. The summed E-state index contributed by atoms with van der Waals surface area (Å²) in [5, 5.41) is 43.6. The van der Waals surface area contributed by atoms with Gasteiger partial charge in [-0.2, -0.15) is 0 Å². The van der Waals surface area contributed by atoms with E-state index in [0.29, 0.717) is 5.56 Å². The number of benzene rings is 1. The maximum absolute atomic E-state index is 12.9. The van der Waals surface area contributed by atoms with Crippen LogP contribution >= 0.6 is 0 Å². The van der Waals surface area contributed by atoms with Gasteiger partial charge in [0.05, 0.1) is 12.5 Å². The number of aliphatic carboxylic acids is 2. The summed E-state index contributed by atoms with van der Waals surface area (Å²) in [6, 6.07) is -0.0340. The Morgan fingerprint density at radius 2 is 1.39 bits per heavy atom. The molecule has 1 aromatic carbocycles. The Morgan fingerprint density at radius 1 is 0.879 bits per heavy atom. The molecule has 0 spiro atoms. The average molecular weight is 468 g/mol. The van der Waals surface area contributed by atoms with Crippen LogP contribution in [-0.2, 0) is 30.4 Å². The third-order valence-corrected chi connectivity index (χ3v) is 4.57. The van der Waals surface area contributed by atoms with Crippen LogP contribution in [0.25, 0.3) is 0 Å². The molecular formula is C20H28N4O9. The molecule has 0 saturated heterocycles. The number of carboxylic acids is 2. The Bertz CT molecular complexity index is 873. The first kappa shape index (κ1) is 27.3. The number of phenolic OH excluding ortho intramolecular Hbond substituents is 1. The molecule has 0 aliphatic rings. The highest BCUT2D eigenvalue weighted by atomic mass is 16.4. The molecule has 13 heteroatoms. The second kappa shape index (κ2) is 12.4. The van der Waals surface area contributed by atoms with Gasteiger partial charge in [-0.25, -0.2) is 0 Å². The molecule has 1 rings (SSSR count). The van der Waals surface area contributed by atoms with E-state index in [2.05, 4.69) is 16.0 Å². The van der Waals surface area contributed by atoms with Gasteiger partial charge in [0, 0.05) is 6.42 Å². The normalized spacial score (nSPS) is 15.3. The van der Waals surface area contributed by atoms with Crippen molar-refractivity contribution in [1.82, 2.24) is 16.0 Å². The van der Waals surface area contributed by atoms with Crippen LogP contribution in [-0.4, -0.2) is 80.4 Å². The summed E-state index contributed by atoms with van der Waals surface area (Å²) >= 11 is 0. The lowest BCUT2D eigenvalue weighted by atomic mass is 10.0. The Balaban J connectivity index is 3.10. The predicted octanol–water partition coefficient (Wildman–Crippen LogP) is -2.32. The fraction of sp³-hybridized carbons (Fsp3) is 0.450. The maximum atomic E-state index is 12.9. The lowest BCUT2D eigenvalue weighted by Crippen LogP contribution is -2.58. The molecule has 5 unspecified atom stereocenters. The number of aliphatic hydroxyl groups excluding tert-OH is 1. The minimum absolute atomic E-state index is 0.0364. The Morgan fingerprint density at radius 3 is 1.88 bits per heavy atom. The van der Waals surface area contributed by atoms with Crippen molar-refractivity contribution in [1.29, 1.82) is 0 Å². The number of aliphatic hydroxyl groups is 1. The van der Waals surface area contributed by atoms with E-state index in [0.717, 1.165) is 6.92 Å². The van der Waals surface area contributed by atoms with E-state index in [1.165, 1.54) is 31.2 Å². The summed E-state index contributed by atoms with van der Waals surface area (Å²) in [5.74, 6) is -5.70.